The van der Waals surface area contributed by atoms with Crippen LogP contribution in [0.5, 0.6) is 5.75 Å². The van der Waals surface area contributed by atoms with Crippen molar-refractivity contribution in [3.05, 3.63) is 40.8 Å². The average molecular weight is 474 g/mol. The van der Waals surface area contributed by atoms with Gasteiger partial charge in [-0.2, -0.15) is 5.10 Å². The van der Waals surface area contributed by atoms with Crippen molar-refractivity contribution in [1.29, 1.82) is 0 Å². The number of benzene rings is 1. The number of anilines is 1. The SMILES string of the molecule is CC(C)(C)OC(=O)N1CCC[C@@H](n2nc(C3CCOc4ccc(F)cc4C3)c(C(N)=O)c2N)C1. The van der Waals surface area contributed by atoms with E-state index >= 15 is 0 Å². The second-order valence-corrected chi connectivity index (χ2v) is 9.97. The molecule has 2 amide bonds. The molecule has 0 radical (unpaired) electrons. The first-order valence-electron chi connectivity index (χ1n) is 11.6. The van der Waals surface area contributed by atoms with Crippen molar-refractivity contribution in [3.8, 4) is 5.75 Å². The first kappa shape index (κ1) is 23.8. The first-order chi connectivity index (χ1) is 16.0. The van der Waals surface area contributed by atoms with Gasteiger partial charge in [0.25, 0.3) is 5.91 Å². The van der Waals surface area contributed by atoms with Crippen molar-refractivity contribution in [2.75, 3.05) is 25.4 Å². The zero-order valence-corrected chi connectivity index (χ0v) is 19.8. The van der Waals surface area contributed by atoms with E-state index in [4.69, 9.17) is 26.0 Å². The van der Waals surface area contributed by atoms with Crippen LogP contribution in [0.4, 0.5) is 15.0 Å². The van der Waals surface area contributed by atoms with Crippen molar-refractivity contribution >= 4 is 17.8 Å². The normalized spacial score (nSPS) is 20.8. The summed E-state index contributed by atoms with van der Waals surface area (Å²) in [5, 5.41) is 4.75. The Hall–Kier alpha value is -3.30. The summed E-state index contributed by atoms with van der Waals surface area (Å²) < 4.78 is 26.8. The number of likely N-dealkylation sites (tertiary alicyclic amines) is 1. The highest BCUT2D eigenvalue weighted by atomic mass is 19.1. The molecule has 1 fully saturated rings. The summed E-state index contributed by atoms with van der Waals surface area (Å²) in [7, 11) is 0. The quantitative estimate of drug-likeness (QED) is 0.704. The third-order valence-electron chi connectivity index (χ3n) is 6.21. The van der Waals surface area contributed by atoms with Crippen molar-refractivity contribution < 1.29 is 23.5 Å². The number of nitrogens with two attached hydrogens (primary N) is 2. The fourth-order valence-electron chi connectivity index (χ4n) is 4.69. The number of aromatic nitrogens is 2. The van der Waals surface area contributed by atoms with E-state index in [1.807, 2.05) is 20.8 Å². The molecule has 10 heteroatoms. The Morgan fingerprint density at radius 1 is 1.26 bits per heavy atom. The van der Waals surface area contributed by atoms with E-state index in [0.717, 1.165) is 12.8 Å². The number of carbonyl (C=O) groups is 2. The van der Waals surface area contributed by atoms with Gasteiger partial charge in [0.2, 0.25) is 0 Å². The molecule has 0 spiro atoms. The van der Waals surface area contributed by atoms with Crippen LogP contribution in [0.3, 0.4) is 0 Å². The average Bonchev–Trinajstić information content (AvgIpc) is 2.96. The van der Waals surface area contributed by atoms with Crippen LogP contribution < -0.4 is 16.2 Å². The lowest BCUT2D eigenvalue weighted by Crippen LogP contribution is -2.43. The highest BCUT2D eigenvalue weighted by Crippen LogP contribution is 2.37. The number of halogens is 1. The summed E-state index contributed by atoms with van der Waals surface area (Å²) in [5.74, 6) is -0.434. The van der Waals surface area contributed by atoms with Gasteiger partial charge in [0.15, 0.2) is 0 Å². The standard InChI is InChI=1S/C24H32FN5O4/c1-24(2,3)34-23(32)29-9-4-5-17(13-29)30-21(26)19(22(27)31)20(28-30)14-8-10-33-18-7-6-16(25)12-15(18)11-14/h6-7,12,14,17H,4-5,8-11,13,26H2,1-3H3,(H2,27,31)/t14?,17-/m1/s1. The number of carbonyl (C=O) groups excluding carboxylic acids is 2. The molecule has 1 aromatic carbocycles. The minimum atomic E-state index is -0.664. The molecule has 9 nitrogen and oxygen atoms in total. The number of hydrogen-bond donors (Lipinski definition) is 2. The third kappa shape index (κ3) is 4.95. The summed E-state index contributed by atoms with van der Waals surface area (Å²) in [6, 6.07) is 4.19. The van der Waals surface area contributed by atoms with E-state index in [-0.39, 0.29) is 29.2 Å². The number of primary amides is 1. The molecular weight excluding hydrogens is 441 g/mol. The maximum absolute atomic E-state index is 13.9. The zero-order chi connectivity index (χ0) is 24.6. The lowest BCUT2D eigenvalue weighted by molar-refractivity contribution is 0.0168. The van der Waals surface area contributed by atoms with Gasteiger partial charge >= 0.3 is 6.09 Å². The molecule has 1 saturated heterocycles. The second-order valence-electron chi connectivity index (χ2n) is 9.97. The van der Waals surface area contributed by atoms with Crippen molar-refractivity contribution in [2.24, 2.45) is 5.73 Å². The Kier molecular flexibility index (Phi) is 6.42. The lowest BCUT2D eigenvalue weighted by atomic mass is 9.91. The number of nitrogen functional groups attached to an aromatic ring is 1. The molecule has 2 aliphatic heterocycles. The van der Waals surface area contributed by atoms with Gasteiger partial charge in [0.05, 0.1) is 18.3 Å². The van der Waals surface area contributed by atoms with Gasteiger partial charge in [0, 0.05) is 19.0 Å². The molecule has 34 heavy (non-hydrogen) atoms. The van der Waals surface area contributed by atoms with Crippen molar-refractivity contribution in [1.82, 2.24) is 14.7 Å². The fraction of sp³-hybridized carbons (Fsp3) is 0.542. The van der Waals surface area contributed by atoms with Gasteiger partial charge in [-0.25, -0.2) is 13.9 Å². The van der Waals surface area contributed by atoms with E-state index in [0.29, 0.717) is 49.5 Å². The van der Waals surface area contributed by atoms with Gasteiger partial charge in [-0.15, -0.1) is 0 Å². The third-order valence-corrected chi connectivity index (χ3v) is 6.21. The van der Waals surface area contributed by atoms with E-state index in [2.05, 4.69) is 0 Å². The van der Waals surface area contributed by atoms with Crippen LogP contribution in [-0.2, 0) is 11.2 Å². The molecule has 2 atom stereocenters. The van der Waals surface area contributed by atoms with Crippen LogP contribution in [0.25, 0.3) is 0 Å². The van der Waals surface area contributed by atoms with Gasteiger partial charge in [-0.1, -0.05) is 0 Å². The predicted molar refractivity (Wildman–Crippen MR) is 124 cm³/mol. The Balaban J connectivity index is 1.63. The Morgan fingerprint density at radius 3 is 2.74 bits per heavy atom. The summed E-state index contributed by atoms with van der Waals surface area (Å²) in [6.45, 7) is 6.80. The Bertz CT molecular complexity index is 1090. The van der Waals surface area contributed by atoms with Crippen LogP contribution in [0.1, 0.15) is 73.6 Å². The number of piperidine rings is 1. The number of fused-ring (bicyclic) bond motifs is 1. The minimum absolute atomic E-state index is 0.180. The molecule has 184 valence electrons. The number of nitrogens with zero attached hydrogens (tertiary/aromatic N) is 3. The molecule has 0 aliphatic carbocycles. The molecular formula is C24H32FN5O4. The molecule has 2 aliphatic rings. The monoisotopic (exact) mass is 473 g/mol. The Morgan fingerprint density at radius 2 is 2.03 bits per heavy atom. The van der Waals surface area contributed by atoms with Gasteiger partial charge in [-0.3, -0.25) is 4.79 Å². The summed E-state index contributed by atoms with van der Waals surface area (Å²) >= 11 is 0. The largest absolute Gasteiger partial charge is 0.493 e. The summed E-state index contributed by atoms with van der Waals surface area (Å²) in [4.78, 5) is 26.7. The number of rotatable bonds is 3. The topological polar surface area (TPSA) is 126 Å². The Labute approximate surface area is 198 Å². The molecule has 4 rings (SSSR count). The van der Waals surface area contributed by atoms with Crippen molar-refractivity contribution in [2.45, 2.75) is 64.0 Å². The maximum Gasteiger partial charge on any atom is 0.410 e. The van der Waals surface area contributed by atoms with Gasteiger partial charge < -0.3 is 25.8 Å². The molecule has 3 heterocycles. The second kappa shape index (κ2) is 9.15. The lowest BCUT2D eigenvalue weighted by Gasteiger charge is -2.34. The molecule has 0 bridgehead atoms. The highest BCUT2D eigenvalue weighted by molar-refractivity contribution is 5.98. The molecule has 2 aromatic rings. The van der Waals surface area contributed by atoms with Crippen molar-refractivity contribution in [3.63, 3.8) is 0 Å². The minimum Gasteiger partial charge on any atom is -0.493 e. The van der Waals surface area contributed by atoms with E-state index < -0.39 is 17.6 Å². The maximum atomic E-state index is 13.9. The van der Waals surface area contributed by atoms with E-state index in [1.165, 1.54) is 12.1 Å². The number of hydrogen-bond acceptors (Lipinski definition) is 6. The number of ether oxygens (including phenoxy) is 2. The summed E-state index contributed by atoms with van der Waals surface area (Å²) in [6.07, 6.45) is 2.11. The zero-order valence-electron chi connectivity index (χ0n) is 19.8. The van der Waals surface area contributed by atoms with E-state index in [9.17, 15) is 14.0 Å². The van der Waals surface area contributed by atoms with Crippen LogP contribution in [0, 0.1) is 5.82 Å². The molecule has 0 saturated carbocycles. The van der Waals surface area contributed by atoms with Crippen LogP contribution >= 0.6 is 0 Å². The van der Waals surface area contributed by atoms with E-state index in [1.54, 1.807) is 15.6 Å². The van der Waals surface area contributed by atoms with Crippen LogP contribution in [0.2, 0.25) is 0 Å². The first-order valence-corrected chi connectivity index (χ1v) is 11.6. The van der Waals surface area contributed by atoms with Crippen LogP contribution in [0.15, 0.2) is 18.2 Å². The number of amides is 2. The fourth-order valence-corrected chi connectivity index (χ4v) is 4.69. The van der Waals surface area contributed by atoms with Gasteiger partial charge in [-0.05, 0) is 70.2 Å². The van der Waals surface area contributed by atoms with Crippen LogP contribution in [-0.4, -0.2) is 52.0 Å². The predicted octanol–water partition coefficient (Wildman–Crippen LogP) is 3.38. The molecule has 4 N–H and O–H groups in total. The molecule has 1 unspecified atom stereocenters. The van der Waals surface area contributed by atoms with Gasteiger partial charge in [0.1, 0.15) is 28.5 Å². The summed E-state index contributed by atoms with van der Waals surface area (Å²) in [5.41, 5.74) is 12.9. The highest BCUT2D eigenvalue weighted by Gasteiger charge is 2.34. The smallest absolute Gasteiger partial charge is 0.410 e. The molecule has 1 aromatic heterocycles.